The number of aliphatic hydroxyl groups is 1. The van der Waals surface area contributed by atoms with Crippen molar-refractivity contribution in [3.8, 4) is 0 Å². The number of hydrogen-bond donors (Lipinski definition) is 1. The quantitative estimate of drug-likeness (QED) is 0.816. The van der Waals surface area contributed by atoms with Gasteiger partial charge in [0.25, 0.3) is 0 Å². The Morgan fingerprint density at radius 2 is 2.28 bits per heavy atom. The third-order valence-corrected chi connectivity index (χ3v) is 3.19. The van der Waals surface area contributed by atoms with Gasteiger partial charge in [0.2, 0.25) is 0 Å². The second-order valence-electron chi connectivity index (χ2n) is 4.57. The second kappa shape index (κ2) is 5.48. The van der Waals surface area contributed by atoms with Crippen LogP contribution in [0.25, 0.3) is 0 Å². The summed E-state index contributed by atoms with van der Waals surface area (Å²) in [6, 6.07) is 4.75. The lowest BCUT2D eigenvalue weighted by atomic mass is 10.0. The van der Waals surface area contributed by atoms with Crippen molar-refractivity contribution in [1.29, 1.82) is 0 Å². The molecule has 1 aliphatic carbocycles. The van der Waals surface area contributed by atoms with Crippen molar-refractivity contribution in [2.75, 3.05) is 13.2 Å². The zero-order chi connectivity index (χ0) is 13.1. The van der Waals surface area contributed by atoms with Crippen molar-refractivity contribution >= 4 is 5.97 Å². The Balaban J connectivity index is 2.08. The molecule has 98 valence electrons. The summed E-state index contributed by atoms with van der Waals surface area (Å²) in [5.74, 6) is -0.577. The molecule has 2 atom stereocenters. The number of carbonyl (C=O) groups is 1. The third kappa shape index (κ3) is 2.88. The minimum Gasteiger partial charge on any atom is -0.466 e. The molecule has 3 nitrogen and oxygen atoms in total. The lowest BCUT2D eigenvalue weighted by Crippen LogP contribution is -2.07. The van der Waals surface area contributed by atoms with Crippen LogP contribution >= 0.6 is 0 Å². The molecule has 18 heavy (non-hydrogen) atoms. The van der Waals surface area contributed by atoms with E-state index in [4.69, 9.17) is 9.84 Å². The van der Waals surface area contributed by atoms with E-state index in [9.17, 15) is 9.18 Å². The molecule has 1 aliphatic rings. The Morgan fingerprint density at radius 3 is 2.94 bits per heavy atom. The van der Waals surface area contributed by atoms with Gasteiger partial charge in [-0.25, -0.2) is 4.39 Å². The van der Waals surface area contributed by atoms with Gasteiger partial charge < -0.3 is 9.84 Å². The maximum absolute atomic E-state index is 13.4. The summed E-state index contributed by atoms with van der Waals surface area (Å²) in [6.45, 7) is 2.15. The van der Waals surface area contributed by atoms with Crippen molar-refractivity contribution in [1.82, 2.24) is 0 Å². The van der Waals surface area contributed by atoms with E-state index in [1.807, 2.05) is 6.07 Å². The van der Waals surface area contributed by atoms with Gasteiger partial charge in [-0.05, 0) is 48.9 Å². The smallest absolute Gasteiger partial charge is 0.309 e. The van der Waals surface area contributed by atoms with E-state index in [0.717, 1.165) is 17.5 Å². The molecule has 0 heterocycles. The first-order valence-electron chi connectivity index (χ1n) is 6.22. The zero-order valence-corrected chi connectivity index (χ0v) is 10.4. The number of benzene rings is 1. The Bertz CT molecular complexity index is 445. The summed E-state index contributed by atoms with van der Waals surface area (Å²) < 4.78 is 18.4. The fraction of sp³-hybridized carbons (Fsp3) is 0.500. The molecule has 0 saturated heterocycles. The highest BCUT2D eigenvalue weighted by molar-refractivity contribution is 5.77. The van der Waals surface area contributed by atoms with Crippen LogP contribution in [0.5, 0.6) is 0 Å². The van der Waals surface area contributed by atoms with E-state index in [1.54, 1.807) is 6.92 Å². The third-order valence-electron chi connectivity index (χ3n) is 3.19. The Hall–Kier alpha value is -1.42. The summed E-state index contributed by atoms with van der Waals surface area (Å²) in [5.41, 5.74) is 1.60. The van der Waals surface area contributed by atoms with Crippen LogP contribution < -0.4 is 0 Å². The van der Waals surface area contributed by atoms with Gasteiger partial charge in [-0.15, -0.1) is 0 Å². The maximum Gasteiger partial charge on any atom is 0.309 e. The molecule has 0 spiro atoms. The van der Waals surface area contributed by atoms with Crippen LogP contribution in [0.15, 0.2) is 18.2 Å². The predicted molar refractivity (Wildman–Crippen MR) is 64.7 cm³/mol. The number of halogens is 1. The monoisotopic (exact) mass is 252 g/mol. The molecule has 0 amide bonds. The topological polar surface area (TPSA) is 46.5 Å². The van der Waals surface area contributed by atoms with Gasteiger partial charge in [0.15, 0.2) is 0 Å². The van der Waals surface area contributed by atoms with Crippen LogP contribution in [-0.4, -0.2) is 24.3 Å². The highest BCUT2D eigenvalue weighted by Crippen LogP contribution is 2.48. The SMILES string of the molecule is CCOC(=O)[C@@H]1C[C@@H]1c1cc(F)cc(CCO)c1. The first-order valence-corrected chi connectivity index (χ1v) is 6.22. The van der Waals surface area contributed by atoms with E-state index in [1.165, 1.54) is 12.1 Å². The normalized spacial score (nSPS) is 21.7. The molecule has 0 unspecified atom stereocenters. The van der Waals surface area contributed by atoms with Gasteiger partial charge in [-0.3, -0.25) is 4.79 Å². The molecule has 0 radical (unpaired) electrons. The lowest BCUT2D eigenvalue weighted by Gasteiger charge is -2.05. The first kappa shape index (κ1) is 13.0. The standard InChI is InChI=1S/C14H17FO3/c1-2-18-14(17)13-8-12(13)10-5-9(3-4-16)6-11(15)7-10/h5-7,12-13,16H,2-4,8H2,1H3/t12-,13-/m1/s1. The Kier molecular flexibility index (Phi) is 3.97. The van der Waals surface area contributed by atoms with Crippen molar-refractivity contribution in [3.63, 3.8) is 0 Å². The molecular formula is C14H17FO3. The largest absolute Gasteiger partial charge is 0.466 e. The molecule has 1 aromatic carbocycles. The fourth-order valence-corrected chi connectivity index (χ4v) is 2.24. The number of carbonyl (C=O) groups excluding carboxylic acids is 1. The predicted octanol–water partition coefficient (Wildman–Crippen LogP) is 2.03. The molecule has 2 rings (SSSR count). The van der Waals surface area contributed by atoms with Gasteiger partial charge in [-0.1, -0.05) is 6.07 Å². The van der Waals surface area contributed by atoms with Crippen LogP contribution in [0.4, 0.5) is 4.39 Å². The van der Waals surface area contributed by atoms with Crippen LogP contribution in [0.1, 0.15) is 30.4 Å². The van der Waals surface area contributed by atoms with Crippen molar-refractivity contribution in [2.24, 2.45) is 5.92 Å². The van der Waals surface area contributed by atoms with E-state index >= 15 is 0 Å². The van der Waals surface area contributed by atoms with E-state index in [2.05, 4.69) is 0 Å². The summed E-state index contributed by atoms with van der Waals surface area (Å²) >= 11 is 0. The van der Waals surface area contributed by atoms with Crippen LogP contribution in [0.2, 0.25) is 0 Å². The highest BCUT2D eigenvalue weighted by Gasteiger charge is 2.45. The summed E-state index contributed by atoms with van der Waals surface area (Å²) in [4.78, 5) is 11.5. The molecule has 1 fully saturated rings. The lowest BCUT2D eigenvalue weighted by molar-refractivity contribution is -0.144. The number of hydrogen-bond acceptors (Lipinski definition) is 3. The van der Waals surface area contributed by atoms with Gasteiger partial charge >= 0.3 is 5.97 Å². The number of ether oxygens (including phenoxy) is 1. The van der Waals surface area contributed by atoms with E-state index in [0.29, 0.717) is 13.0 Å². The summed E-state index contributed by atoms with van der Waals surface area (Å²) in [7, 11) is 0. The molecule has 0 aromatic heterocycles. The maximum atomic E-state index is 13.4. The number of rotatable bonds is 5. The summed E-state index contributed by atoms with van der Waals surface area (Å²) in [5, 5.41) is 8.87. The Labute approximate surface area is 106 Å². The molecular weight excluding hydrogens is 235 g/mol. The van der Waals surface area contributed by atoms with Crippen molar-refractivity contribution in [2.45, 2.75) is 25.7 Å². The fourth-order valence-electron chi connectivity index (χ4n) is 2.24. The van der Waals surface area contributed by atoms with Crippen LogP contribution in [0.3, 0.4) is 0 Å². The van der Waals surface area contributed by atoms with Crippen LogP contribution in [-0.2, 0) is 16.0 Å². The molecule has 1 saturated carbocycles. The van der Waals surface area contributed by atoms with E-state index in [-0.39, 0.29) is 30.2 Å². The van der Waals surface area contributed by atoms with Crippen molar-refractivity contribution < 1.29 is 19.0 Å². The van der Waals surface area contributed by atoms with Crippen LogP contribution in [0, 0.1) is 11.7 Å². The first-order chi connectivity index (χ1) is 8.65. The minimum atomic E-state index is -0.314. The van der Waals surface area contributed by atoms with Crippen molar-refractivity contribution in [3.05, 3.63) is 35.1 Å². The molecule has 1 N–H and O–H groups in total. The second-order valence-corrected chi connectivity index (χ2v) is 4.57. The molecule has 4 heteroatoms. The zero-order valence-electron chi connectivity index (χ0n) is 10.4. The molecule has 0 bridgehead atoms. The number of esters is 1. The minimum absolute atomic E-state index is 0.00509. The average Bonchev–Trinajstić information content (AvgIpc) is 3.09. The molecule has 1 aromatic rings. The Morgan fingerprint density at radius 1 is 1.50 bits per heavy atom. The van der Waals surface area contributed by atoms with Gasteiger partial charge in [0, 0.05) is 6.61 Å². The summed E-state index contributed by atoms with van der Waals surface area (Å²) in [6.07, 6.45) is 1.16. The van der Waals surface area contributed by atoms with Gasteiger partial charge in [0.1, 0.15) is 5.82 Å². The number of aliphatic hydroxyl groups excluding tert-OH is 1. The highest BCUT2D eigenvalue weighted by atomic mass is 19.1. The molecule has 0 aliphatic heterocycles. The average molecular weight is 252 g/mol. The van der Waals surface area contributed by atoms with Gasteiger partial charge in [-0.2, -0.15) is 0 Å². The van der Waals surface area contributed by atoms with E-state index < -0.39 is 0 Å². The van der Waals surface area contributed by atoms with Gasteiger partial charge in [0.05, 0.1) is 12.5 Å².